The number of carbonyl (C=O) groups excluding carboxylic acids is 1. The smallest absolute Gasteiger partial charge is 0.338 e. The summed E-state index contributed by atoms with van der Waals surface area (Å²) in [7, 11) is 0. The van der Waals surface area contributed by atoms with E-state index in [0.717, 1.165) is 54.8 Å². The van der Waals surface area contributed by atoms with Gasteiger partial charge in [-0.1, -0.05) is 65.5 Å². The van der Waals surface area contributed by atoms with Crippen molar-refractivity contribution in [2.24, 2.45) is 46.3 Å². The minimum atomic E-state index is -0.430. The van der Waals surface area contributed by atoms with Crippen LogP contribution in [0.1, 0.15) is 121 Å². The molecule has 40 heavy (non-hydrogen) atoms. The summed E-state index contributed by atoms with van der Waals surface area (Å²) in [5.74, 6) is 4.55. The maximum absolute atomic E-state index is 13.0. The lowest BCUT2D eigenvalue weighted by atomic mass is 9.47. The topological polar surface area (TPSA) is 69.4 Å². The van der Waals surface area contributed by atoms with Gasteiger partial charge in [0.1, 0.15) is 6.10 Å². The summed E-state index contributed by atoms with van der Waals surface area (Å²) < 4.78 is 6.01. The number of aryl methyl sites for hydroxylation is 1. The maximum atomic E-state index is 13.0. The number of fused-ring (bicyclic) bond motifs is 5. The maximum Gasteiger partial charge on any atom is 0.338 e. The fraction of sp³-hybridized carbons (Fsp3) is 0.743. The van der Waals surface area contributed by atoms with Crippen LogP contribution >= 0.6 is 0 Å². The normalized spacial score (nSPS) is 35.8. The van der Waals surface area contributed by atoms with Crippen LogP contribution in [0, 0.1) is 63.4 Å². The Bertz CT molecular complexity index is 1160. The number of nitrogens with zero attached hydrogens (tertiary/aromatic N) is 1. The third kappa shape index (κ3) is 5.27. The van der Waals surface area contributed by atoms with Crippen LogP contribution in [-0.2, 0) is 4.74 Å². The summed E-state index contributed by atoms with van der Waals surface area (Å²) in [4.78, 5) is 23.7. The van der Waals surface area contributed by atoms with Gasteiger partial charge in [0.15, 0.2) is 0 Å². The second kappa shape index (κ2) is 11.2. The molecule has 5 nitrogen and oxygen atoms in total. The fourth-order valence-electron chi connectivity index (χ4n) is 9.96. The van der Waals surface area contributed by atoms with Crippen molar-refractivity contribution in [1.29, 1.82) is 0 Å². The van der Waals surface area contributed by atoms with Crippen LogP contribution < -0.4 is 0 Å². The number of allylic oxidation sites excluding steroid dienone is 1. The molecule has 220 valence electrons. The minimum absolute atomic E-state index is 0.00199. The van der Waals surface area contributed by atoms with E-state index in [1.807, 2.05) is 0 Å². The lowest BCUT2D eigenvalue weighted by Gasteiger charge is -2.58. The molecule has 0 saturated heterocycles. The average Bonchev–Trinajstić information content (AvgIpc) is 3.25. The monoisotopic (exact) mass is 549 g/mol. The number of non-ortho nitro benzene ring substituents is 1. The highest BCUT2D eigenvalue weighted by molar-refractivity contribution is 5.91. The van der Waals surface area contributed by atoms with E-state index in [4.69, 9.17) is 4.74 Å². The standard InChI is InChI=1S/C35H51NO4/c1-22(2)8-7-9-23(3)30-14-15-31-29-12-10-25-21-27(16-18-34(25,5)32(29)17-19-35(30,31)6)40-33(37)28-13-11-26(36(38)39)20-24(28)4/h10-11,13,20,22-23,27,29-32H,7-9,12,14-19,21H2,1-6H3/t23-,27+,29+,30-,31+,32+,34+,35-/m1/s1. The lowest BCUT2D eigenvalue weighted by molar-refractivity contribution is -0.384. The van der Waals surface area contributed by atoms with E-state index in [2.05, 4.69) is 40.7 Å². The summed E-state index contributed by atoms with van der Waals surface area (Å²) in [5, 5.41) is 11.1. The van der Waals surface area contributed by atoms with E-state index in [-0.39, 0.29) is 23.2 Å². The van der Waals surface area contributed by atoms with Crippen molar-refractivity contribution in [3.05, 3.63) is 51.1 Å². The van der Waals surface area contributed by atoms with Crippen molar-refractivity contribution in [3.8, 4) is 0 Å². The van der Waals surface area contributed by atoms with E-state index >= 15 is 0 Å². The van der Waals surface area contributed by atoms with Crippen LogP contribution in [0.5, 0.6) is 0 Å². The Morgan fingerprint density at radius 1 is 1.07 bits per heavy atom. The Morgan fingerprint density at radius 3 is 2.55 bits per heavy atom. The number of rotatable bonds is 8. The van der Waals surface area contributed by atoms with E-state index < -0.39 is 4.92 Å². The number of nitro benzene ring substituents is 1. The zero-order valence-corrected chi connectivity index (χ0v) is 25.7. The van der Waals surface area contributed by atoms with Crippen molar-refractivity contribution in [1.82, 2.24) is 0 Å². The zero-order chi connectivity index (χ0) is 28.8. The zero-order valence-electron chi connectivity index (χ0n) is 25.7. The molecule has 0 radical (unpaired) electrons. The molecule has 1 aromatic rings. The first kappa shape index (κ1) is 29.3. The average molecular weight is 550 g/mol. The van der Waals surface area contributed by atoms with Crippen LogP contribution in [0.4, 0.5) is 5.69 Å². The molecule has 0 heterocycles. The summed E-state index contributed by atoms with van der Waals surface area (Å²) in [5.41, 5.74) is 3.25. The number of benzene rings is 1. The minimum Gasteiger partial charge on any atom is -0.458 e. The molecule has 0 unspecified atom stereocenters. The molecule has 0 bridgehead atoms. The van der Waals surface area contributed by atoms with Gasteiger partial charge < -0.3 is 4.74 Å². The van der Waals surface area contributed by atoms with Crippen molar-refractivity contribution in [2.45, 2.75) is 118 Å². The second-order valence-corrected chi connectivity index (χ2v) is 14.8. The van der Waals surface area contributed by atoms with E-state index in [1.54, 1.807) is 6.92 Å². The van der Waals surface area contributed by atoms with Gasteiger partial charge in [-0.3, -0.25) is 10.1 Å². The molecule has 3 saturated carbocycles. The van der Waals surface area contributed by atoms with Gasteiger partial charge >= 0.3 is 5.97 Å². The SMILES string of the molecule is Cc1cc([N+](=O)[O-])ccc1C(=O)O[C@H]1CC[C@@]2(C)C(=CC[C@H]3[C@@H]4CC[C@H]([C@H](C)CCCC(C)C)[C@@]4(C)CC[C@@H]32)C1. The Morgan fingerprint density at radius 2 is 1.85 bits per heavy atom. The molecule has 0 aromatic heterocycles. The molecule has 1 aromatic carbocycles. The quantitative estimate of drug-likeness (QED) is 0.140. The largest absolute Gasteiger partial charge is 0.458 e. The molecule has 3 fully saturated rings. The van der Waals surface area contributed by atoms with Gasteiger partial charge in [-0.05, 0) is 110 Å². The Kier molecular flexibility index (Phi) is 8.25. The fourth-order valence-corrected chi connectivity index (χ4v) is 9.96. The van der Waals surface area contributed by atoms with Gasteiger partial charge in [0.25, 0.3) is 5.69 Å². The van der Waals surface area contributed by atoms with Crippen molar-refractivity contribution in [3.63, 3.8) is 0 Å². The molecule has 5 heteroatoms. The van der Waals surface area contributed by atoms with Gasteiger partial charge in [0, 0.05) is 18.6 Å². The van der Waals surface area contributed by atoms with Crippen LogP contribution in [-0.4, -0.2) is 17.0 Å². The molecular weight excluding hydrogens is 498 g/mol. The van der Waals surface area contributed by atoms with E-state index in [9.17, 15) is 14.9 Å². The van der Waals surface area contributed by atoms with Crippen LogP contribution in [0.3, 0.4) is 0 Å². The van der Waals surface area contributed by atoms with Gasteiger partial charge in [0.05, 0.1) is 10.5 Å². The number of carbonyl (C=O) groups is 1. The van der Waals surface area contributed by atoms with E-state index in [1.165, 1.54) is 75.1 Å². The molecule has 0 aliphatic heterocycles. The molecule has 0 spiro atoms. The summed E-state index contributed by atoms with van der Waals surface area (Å²) in [6.45, 7) is 14.2. The van der Waals surface area contributed by atoms with Gasteiger partial charge in [0.2, 0.25) is 0 Å². The Hall–Kier alpha value is -2.17. The molecule has 4 aliphatic rings. The highest BCUT2D eigenvalue weighted by Gasteiger charge is 2.59. The molecule has 8 atom stereocenters. The Labute approximate surface area is 241 Å². The summed E-state index contributed by atoms with van der Waals surface area (Å²) >= 11 is 0. The number of hydrogen-bond donors (Lipinski definition) is 0. The van der Waals surface area contributed by atoms with Gasteiger partial charge in [-0.15, -0.1) is 0 Å². The van der Waals surface area contributed by atoms with Crippen molar-refractivity contribution >= 4 is 11.7 Å². The van der Waals surface area contributed by atoms with E-state index in [0.29, 0.717) is 16.5 Å². The molecule has 5 rings (SSSR count). The first-order valence-corrected chi connectivity index (χ1v) is 16.1. The first-order chi connectivity index (χ1) is 18.9. The van der Waals surface area contributed by atoms with Gasteiger partial charge in [-0.25, -0.2) is 4.79 Å². The predicted molar refractivity (Wildman–Crippen MR) is 160 cm³/mol. The van der Waals surface area contributed by atoms with Crippen molar-refractivity contribution in [2.75, 3.05) is 0 Å². The van der Waals surface area contributed by atoms with Crippen LogP contribution in [0.25, 0.3) is 0 Å². The molecule has 4 aliphatic carbocycles. The summed E-state index contributed by atoms with van der Waals surface area (Å²) in [6, 6.07) is 4.38. The molecular formula is C35H51NO4. The Balaban J connectivity index is 1.25. The predicted octanol–water partition coefficient (Wildman–Crippen LogP) is 9.47. The number of ether oxygens (including phenoxy) is 1. The second-order valence-electron chi connectivity index (χ2n) is 14.8. The highest BCUT2D eigenvalue weighted by atomic mass is 16.6. The van der Waals surface area contributed by atoms with Gasteiger partial charge in [-0.2, -0.15) is 0 Å². The molecule has 0 amide bonds. The number of esters is 1. The third-order valence-corrected chi connectivity index (χ3v) is 12.2. The number of hydrogen-bond acceptors (Lipinski definition) is 4. The first-order valence-electron chi connectivity index (χ1n) is 16.1. The van der Waals surface area contributed by atoms with Crippen LogP contribution in [0.2, 0.25) is 0 Å². The lowest BCUT2D eigenvalue weighted by Crippen LogP contribution is -2.51. The van der Waals surface area contributed by atoms with Crippen LogP contribution in [0.15, 0.2) is 29.8 Å². The third-order valence-electron chi connectivity index (χ3n) is 12.2. The van der Waals surface area contributed by atoms with Crippen molar-refractivity contribution < 1.29 is 14.5 Å². The number of nitro groups is 1. The summed E-state index contributed by atoms with van der Waals surface area (Å²) in [6.07, 6.45) is 16.1. The highest BCUT2D eigenvalue weighted by Crippen LogP contribution is 2.67. The molecule has 0 N–H and O–H groups in total.